The molecule has 19 heavy (non-hydrogen) atoms. The summed E-state index contributed by atoms with van der Waals surface area (Å²) in [6.07, 6.45) is 0. The van der Waals surface area contributed by atoms with Crippen LogP contribution in [0.3, 0.4) is 0 Å². The number of aryl methyl sites for hydroxylation is 2. The van der Waals surface area contributed by atoms with Gasteiger partial charge in [0.05, 0.1) is 6.61 Å². The molecule has 0 fully saturated rings. The van der Waals surface area contributed by atoms with E-state index in [9.17, 15) is 0 Å². The van der Waals surface area contributed by atoms with Crippen LogP contribution in [0.25, 0.3) is 0 Å². The van der Waals surface area contributed by atoms with Gasteiger partial charge in [-0.25, -0.2) is 0 Å². The van der Waals surface area contributed by atoms with Gasteiger partial charge in [-0.05, 0) is 31.0 Å². The smallest absolute Gasteiger partial charge is 0.122 e. The van der Waals surface area contributed by atoms with Gasteiger partial charge < -0.3 is 4.74 Å². The van der Waals surface area contributed by atoms with Crippen LogP contribution in [0, 0.1) is 13.8 Å². The molecule has 2 aromatic rings. The maximum Gasteiger partial charge on any atom is 0.122 e. The summed E-state index contributed by atoms with van der Waals surface area (Å²) in [7, 11) is 0. The lowest BCUT2D eigenvalue weighted by molar-refractivity contribution is 0.296. The molecule has 100 valence electrons. The molecule has 2 rings (SSSR count). The van der Waals surface area contributed by atoms with Crippen molar-refractivity contribution in [1.29, 1.82) is 0 Å². The predicted molar refractivity (Wildman–Crippen MR) is 84.4 cm³/mol. The first-order valence-corrected chi connectivity index (χ1v) is 7.64. The number of hydrogen-bond donors (Lipinski definition) is 0. The Morgan fingerprint density at radius 2 is 1.79 bits per heavy atom. The zero-order chi connectivity index (χ0) is 13.7. The Morgan fingerprint density at radius 1 is 1.05 bits per heavy atom. The second kappa shape index (κ2) is 6.76. The zero-order valence-electron chi connectivity index (χ0n) is 11.4. The Morgan fingerprint density at radius 3 is 2.42 bits per heavy atom. The molecule has 0 saturated heterocycles. The van der Waals surface area contributed by atoms with Gasteiger partial charge in [0.2, 0.25) is 0 Å². The van der Waals surface area contributed by atoms with E-state index in [2.05, 4.69) is 72.2 Å². The molecule has 1 atom stereocenters. The molecule has 0 heterocycles. The molecule has 0 aromatic heterocycles. The molecular weight excluding hydrogens is 300 g/mol. The van der Waals surface area contributed by atoms with Crippen molar-refractivity contribution in [1.82, 2.24) is 0 Å². The zero-order valence-corrected chi connectivity index (χ0v) is 13.0. The molecule has 2 aromatic carbocycles. The maximum absolute atomic E-state index is 5.97. The Labute approximate surface area is 123 Å². The van der Waals surface area contributed by atoms with Crippen LogP contribution in [0.4, 0.5) is 0 Å². The standard InChI is InChI=1S/C17H19BrO/c1-13-8-9-17(14(2)10-13)19-12-16(11-18)15-6-4-3-5-7-15/h3-10,16H,11-12H2,1-2H3. The topological polar surface area (TPSA) is 9.23 Å². The van der Waals surface area contributed by atoms with Crippen LogP contribution in [-0.4, -0.2) is 11.9 Å². The summed E-state index contributed by atoms with van der Waals surface area (Å²) in [6.45, 7) is 4.88. The molecule has 0 radical (unpaired) electrons. The first-order valence-electron chi connectivity index (χ1n) is 6.51. The molecule has 0 bridgehead atoms. The van der Waals surface area contributed by atoms with E-state index in [1.165, 1.54) is 16.7 Å². The number of benzene rings is 2. The van der Waals surface area contributed by atoms with Crippen molar-refractivity contribution >= 4 is 15.9 Å². The molecule has 0 N–H and O–H groups in total. The number of ether oxygens (including phenoxy) is 1. The van der Waals surface area contributed by atoms with Crippen molar-refractivity contribution < 1.29 is 4.74 Å². The fraction of sp³-hybridized carbons (Fsp3) is 0.294. The van der Waals surface area contributed by atoms with Crippen molar-refractivity contribution in [2.45, 2.75) is 19.8 Å². The third-order valence-corrected chi connectivity index (χ3v) is 4.01. The Balaban J connectivity index is 2.04. The van der Waals surface area contributed by atoms with Gasteiger partial charge in [-0.15, -0.1) is 0 Å². The highest BCUT2D eigenvalue weighted by molar-refractivity contribution is 9.09. The first-order chi connectivity index (χ1) is 9.20. The minimum absolute atomic E-state index is 0.377. The predicted octanol–water partition coefficient (Wildman–Crippen LogP) is 4.86. The van der Waals surface area contributed by atoms with Crippen LogP contribution in [0.2, 0.25) is 0 Å². The Kier molecular flexibility index (Phi) is 5.03. The molecule has 1 unspecified atom stereocenters. The van der Waals surface area contributed by atoms with Crippen LogP contribution in [0.1, 0.15) is 22.6 Å². The average molecular weight is 319 g/mol. The van der Waals surface area contributed by atoms with Crippen molar-refractivity contribution in [2.24, 2.45) is 0 Å². The van der Waals surface area contributed by atoms with Gasteiger partial charge in [0.25, 0.3) is 0 Å². The summed E-state index contributed by atoms with van der Waals surface area (Å²) in [5.74, 6) is 1.36. The van der Waals surface area contributed by atoms with Crippen molar-refractivity contribution in [3.63, 3.8) is 0 Å². The molecule has 0 aliphatic carbocycles. The third-order valence-electron chi connectivity index (χ3n) is 3.23. The van der Waals surface area contributed by atoms with E-state index >= 15 is 0 Å². The van der Waals surface area contributed by atoms with Gasteiger partial charge in [0.15, 0.2) is 0 Å². The highest BCUT2D eigenvalue weighted by Gasteiger charge is 2.11. The second-order valence-electron chi connectivity index (χ2n) is 4.84. The van der Waals surface area contributed by atoms with E-state index in [-0.39, 0.29) is 0 Å². The minimum atomic E-state index is 0.377. The summed E-state index contributed by atoms with van der Waals surface area (Å²) in [4.78, 5) is 0. The van der Waals surface area contributed by atoms with Crippen molar-refractivity contribution in [3.8, 4) is 5.75 Å². The van der Waals surface area contributed by atoms with E-state index in [0.29, 0.717) is 12.5 Å². The summed E-state index contributed by atoms with van der Waals surface area (Å²) in [6, 6.07) is 16.8. The monoisotopic (exact) mass is 318 g/mol. The molecule has 0 aliphatic rings. The van der Waals surface area contributed by atoms with Crippen LogP contribution in [0.5, 0.6) is 5.75 Å². The normalized spacial score (nSPS) is 12.2. The summed E-state index contributed by atoms with van der Waals surface area (Å²) in [5, 5.41) is 0.905. The van der Waals surface area contributed by atoms with E-state index in [4.69, 9.17) is 4.74 Å². The van der Waals surface area contributed by atoms with Crippen molar-refractivity contribution in [2.75, 3.05) is 11.9 Å². The Bertz CT molecular complexity index is 522. The van der Waals surface area contributed by atoms with Crippen LogP contribution in [0.15, 0.2) is 48.5 Å². The fourth-order valence-corrected chi connectivity index (χ4v) is 2.67. The lowest BCUT2D eigenvalue weighted by atomic mass is 10.0. The quantitative estimate of drug-likeness (QED) is 0.715. The third kappa shape index (κ3) is 3.84. The van der Waals surface area contributed by atoms with Crippen LogP contribution >= 0.6 is 15.9 Å². The van der Waals surface area contributed by atoms with Gasteiger partial charge in [-0.3, -0.25) is 0 Å². The summed E-state index contributed by atoms with van der Waals surface area (Å²) < 4.78 is 5.97. The Hall–Kier alpha value is -1.28. The molecule has 2 heteroatoms. The molecular formula is C17H19BrO. The highest BCUT2D eigenvalue weighted by Crippen LogP contribution is 2.23. The second-order valence-corrected chi connectivity index (χ2v) is 5.49. The van der Waals surface area contributed by atoms with Gasteiger partial charge in [0, 0.05) is 11.2 Å². The first kappa shape index (κ1) is 14.1. The van der Waals surface area contributed by atoms with Crippen LogP contribution < -0.4 is 4.74 Å². The lowest BCUT2D eigenvalue weighted by Gasteiger charge is -2.17. The average Bonchev–Trinajstić information content (AvgIpc) is 2.43. The molecule has 0 spiro atoms. The maximum atomic E-state index is 5.97. The minimum Gasteiger partial charge on any atom is -0.493 e. The lowest BCUT2D eigenvalue weighted by Crippen LogP contribution is -2.12. The number of alkyl halides is 1. The molecule has 1 nitrogen and oxygen atoms in total. The largest absolute Gasteiger partial charge is 0.493 e. The van der Waals surface area contributed by atoms with E-state index in [0.717, 1.165) is 11.1 Å². The van der Waals surface area contributed by atoms with Gasteiger partial charge in [-0.2, -0.15) is 0 Å². The summed E-state index contributed by atoms with van der Waals surface area (Å²) >= 11 is 3.58. The van der Waals surface area contributed by atoms with E-state index < -0.39 is 0 Å². The van der Waals surface area contributed by atoms with Gasteiger partial charge >= 0.3 is 0 Å². The summed E-state index contributed by atoms with van der Waals surface area (Å²) in [5.41, 5.74) is 3.77. The van der Waals surface area contributed by atoms with Crippen molar-refractivity contribution in [3.05, 3.63) is 65.2 Å². The van der Waals surface area contributed by atoms with Gasteiger partial charge in [0.1, 0.15) is 5.75 Å². The van der Waals surface area contributed by atoms with Crippen LogP contribution in [-0.2, 0) is 0 Å². The highest BCUT2D eigenvalue weighted by atomic mass is 79.9. The number of halogens is 1. The number of hydrogen-bond acceptors (Lipinski definition) is 1. The molecule has 0 amide bonds. The SMILES string of the molecule is Cc1ccc(OCC(CBr)c2ccccc2)c(C)c1. The van der Waals surface area contributed by atoms with E-state index in [1.54, 1.807) is 0 Å². The molecule has 0 saturated carbocycles. The van der Waals surface area contributed by atoms with E-state index in [1.807, 2.05) is 6.07 Å². The molecule has 0 aliphatic heterocycles. The fourth-order valence-electron chi connectivity index (χ4n) is 2.11. The van der Waals surface area contributed by atoms with Gasteiger partial charge in [-0.1, -0.05) is 64.0 Å². The number of rotatable bonds is 5.